The molecule has 1 N–H and O–H groups in total. The molecular weight excluding hydrogens is 272 g/mol. The number of ether oxygens (including phenoxy) is 1. The lowest BCUT2D eigenvalue weighted by molar-refractivity contribution is -0.139. The topological polar surface area (TPSA) is 41.6 Å². The van der Waals surface area contributed by atoms with Crippen molar-refractivity contribution in [1.82, 2.24) is 10.2 Å². The average Bonchev–Trinajstić information content (AvgIpc) is 3.11. The summed E-state index contributed by atoms with van der Waals surface area (Å²) in [4.78, 5) is 13.3. The van der Waals surface area contributed by atoms with Crippen LogP contribution < -0.4 is 5.32 Å². The lowest BCUT2D eigenvalue weighted by Gasteiger charge is -2.20. The standard InChI is InChI=1S/C11H21BrN2O2/c1-3-14(9-4-5-9)7-6-13-8-10(12)11(15)16-2/h9-10,13H,3-8H2,1-2H3. The molecule has 1 saturated carbocycles. The Hall–Kier alpha value is -0.130. The summed E-state index contributed by atoms with van der Waals surface area (Å²) < 4.78 is 4.62. The van der Waals surface area contributed by atoms with E-state index in [0.29, 0.717) is 6.54 Å². The zero-order valence-corrected chi connectivity index (χ0v) is 11.6. The molecule has 0 aromatic rings. The fourth-order valence-corrected chi connectivity index (χ4v) is 2.12. The Morgan fingerprint density at radius 1 is 1.62 bits per heavy atom. The number of nitrogens with zero attached hydrogens (tertiary/aromatic N) is 1. The molecule has 4 nitrogen and oxygen atoms in total. The third-order valence-electron chi connectivity index (χ3n) is 2.83. The van der Waals surface area contributed by atoms with E-state index < -0.39 is 0 Å². The number of carbonyl (C=O) groups is 1. The molecule has 0 aromatic heterocycles. The van der Waals surface area contributed by atoms with Crippen molar-refractivity contribution in [2.24, 2.45) is 0 Å². The van der Waals surface area contributed by atoms with Crippen LogP contribution >= 0.6 is 15.9 Å². The largest absolute Gasteiger partial charge is 0.468 e. The van der Waals surface area contributed by atoms with Gasteiger partial charge in [-0.05, 0) is 19.4 Å². The molecule has 1 fully saturated rings. The second kappa shape index (κ2) is 7.25. The van der Waals surface area contributed by atoms with Gasteiger partial charge in [-0.2, -0.15) is 0 Å². The van der Waals surface area contributed by atoms with Crippen molar-refractivity contribution in [3.8, 4) is 0 Å². The van der Waals surface area contributed by atoms with Gasteiger partial charge in [-0.15, -0.1) is 0 Å². The minimum absolute atomic E-state index is 0.220. The van der Waals surface area contributed by atoms with Crippen LogP contribution in [-0.2, 0) is 9.53 Å². The van der Waals surface area contributed by atoms with Crippen LogP contribution in [0.1, 0.15) is 19.8 Å². The third-order valence-corrected chi connectivity index (χ3v) is 3.52. The van der Waals surface area contributed by atoms with Gasteiger partial charge in [0.05, 0.1) is 7.11 Å². The van der Waals surface area contributed by atoms with Crippen molar-refractivity contribution < 1.29 is 9.53 Å². The molecule has 0 spiro atoms. The van der Waals surface area contributed by atoms with E-state index in [1.54, 1.807) is 0 Å². The molecular formula is C11H21BrN2O2. The summed E-state index contributed by atoms with van der Waals surface area (Å²) in [5, 5.41) is 3.26. The highest BCUT2D eigenvalue weighted by atomic mass is 79.9. The summed E-state index contributed by atoms with van der Waals surface area (Å²) in [5.41, 5.74) is 0. The summed E-state index contributed by atoms with van der Waals surface area (Å²) in [6.07, 6.45) is 2.69. The van der Waals surface area contributed by atoms with Crippen LogP contribution in [-0.4, -0.2) is 55.0 Å². The SMILES string of the molecule is CCN(CCNCC(Br)C(=O)OC)C1CC1. The van der Waals surface area contributed by atoms with E-state index in [1.807, 2.05) is 0 Å². The molecule has 1 rings (SSSR count). The van der Waals surface area contributed by atoms with Gasteiger partial charge in [0, 0.05) is 25.7 Å². The maximum absolute atomic E-state index is 11.1. The van der Waals surface area contributed by atoms with Crippen LogP contribution in [0.4, 0.5) is 0 Å². The van der Waals surface area contributed by atoms with Crippen LogP contribution in [0.2, 0.25) is 0 Å². The Kier molecular flexibility index (Phi) is 6.31. The van der Waals surface area contributed by atoms with Gasteiger partial charge < -0.3 is 10.1 Å². The molecule has 16 heavy (non-hydrogen) atoms. The minimum atomic E-state index is -0.242. The second-order valence-electron chi connectivity index (χ2n) is 4.05. The van der Waals surface area contributed by atoms with E-state index in [2.05, 4.69) is 37.8 Å². The van der Waals surface area contributed by atoms with Gasteiger partial charge in [0.15, 0.2) is 0 Å². The molecule has 1 unspecified atom stereocenters. The molecule has 94 valence electrons. The highest BCUT2D eigenvalue weighted by molar-refractivity contribution is 9.10. The highest BCUT2D eigenvalue weighted by Crippen LogP contribution is 2.25. The van der Waals surface area contributed by atoms with Gasteiger partial charge in [-0.25, -0.2) is 0 Å². The first-order chi connectivity index (χ1) is 7.69. The molecule has 1 aliphatic carbocycles. The van der Waals surface area contributed by atoms with Gasteiger partial charge in [0.25, 0.3) is 0 Å². The number of carbonyl (C=O) groups excluding carboxylic acids is 1. The summed E-state index contributed by atoms with van der Waals surface area (Å²) in [6, 6.07) is 0.812. The Bertz CT molecular complexity index is 222. The Labute approximate surface area is 106 Å². The highest BCUT2D eigenvalue weighted by Gasteiger charge is 2.27. The van der Waals surface area contributed by atoms with Crippen molar-refractivity contribution in [3.63, 3.8) is 0 Å². The molecule has 0 saturated heterocycles. The molecule has 1 aliphatic rings. The van der Waals surface area contributed by atoms with Crippen LogP contribution in [0, 0.1) is 0 Å². The van der Waals surface area contributed by atoms with Crippen molar-refractivity contribution in [2.75, 3.05) is 33.3 Å². The predicted octanol–water partition coefficient (Wildman–Crippen LogP) is 0.997. The fourth-order valence-electron chi connectivity index (χ4n) is 1.70. The zero-order valence-electron chi connectivity index (χ0n) is 10.0. The van der Waals surface area contributed by atoms with Gasteiger partial charge in [0.1, 0.15) is 4.83 Å². The Morgan fingerprint density at radius 2 is 2.31 bits per heavy atom. The van der Waals surface area contributed by atoms with E-state index in [9.17, 15) is 4.79 Å². The number of halogens is 1. The number of methoxy groups -OCH3 is 1. The number of nitrogens with one attached hydrogen (secondary N) is 1. The van der Waals surface area contributed by atoms with Crippen molar-refractivity contribution >= 4 is 21.9 Å². The number of rotatable bonds is 8. The summed E-state index contributed by atoms with van der Waals surface area (Å²) in [6.45, 7) is 5.90. The van der Waals surface area contributed by atoms with Crippen molar-refractivity contribution in [1.29, 1.82) is 0 Å². The second-order valence-corrected chi connectivity index (χ2v) is 5.16. The van der Waals surface area contributed by atoms with Crippen LogP contribution in [0.15, 0.2) is 0 Å². The monoisotopic (exact) mass is 292 g/mol. The summed E-state index contributed by atoms with van der Waals surface area (Å²) in [5.74, 6) is -0.220. The van der Waals surface area contributed by atoms with E-state index in [-0.39, 0.29) is 10.8 Å². The summed E-state index contributed by atoms with van der Waals surface area (Å²) >= 11 is 3.28. The first-order valence-corrected chi connectivity index (χ1v) is 6.77. The smallest absolute Gasteiger partial charge is 0.320 e. The molecule has 0 heterocycles. The normalized spacial score (nSPS) is 17.5. The van der Waals surface area contributed by atoms with Crippen molar-refractivity contribution in [3.05, 3.63) is 0 Å². The Morgan fingerprint density at radius 3 is 2.81 bits per heavy atom. The minimum Gasteiger partial charge on any atom is -0.468 e. The Balaban J connectivity index is 2.04. The van der Waals surface area contributed by atoms with Gasteiger partial charge in [-0.1, -0.05) is 22.9 Å². The summed E-state index contributed by atoms with van der Waals surface area (Å²) in [7, 11) is 1.41. The maximum atomic E-state index is 11.1. The average molecular weight is 293 g/mol. The van der Waals surface area contributed by atoms with Gasteiger partial charge in [-0.3, -0.25) is 9.69 Å². The van der Waals surface area contributed by atoms with Crippen LogP contribution in [0.5, 0.6) is 0 Å². The van der Waals surface area contributed by atoms with Gasteiger partial charge >= 0.3 is 5.97 Å². The molecule has 0 aromatic carbocycles. The first-order valence-electron chi connectivity index (χ1n) is 5.85. The molecule has 0 amide bonds. The quantitative estimate of drug-likeness (QED) is 0.412. The van der Waals surface area contributed by atoms with Crippen LogP contribution in [0.3, 0.4) is 0 Å². The lowest BCUT2D eigenvalue weighted by Crippen LogP contribution is -2.37. The van der Waals surface area contributed by atoms with E-state index in [0.717, 1.165) is 25.7 Å². The number of hydrogen-bond donors (Lipinski definition) is 1. The van der Waals surface area contributed by atoms with Gasteiger partial charge in [0.2, 0.25) is 0 Å². The maximum Gasteiger partial charge on any atom is 0.320 e. The third kappa shape index (κ3) is 4.80. The molecule has 0 bridgehead atoms. The zero-order chi connectivity index (χ0) is 12.0. The fraction of sp³-hybridized carbons (Fsp3) is 0.909. The number of alkyl halides is 1. The molecule has 1 atom stereocenters. The van der Waals surface area contributed by atoms with E-state index >= 15 is 0 Å². The van der Waals surface area contributed by atoms with E-state index in [1.165, 1.54) is 20.0 Å². The molecule has 0 aliphatic heterocycles. The number of hydrogen-bond acceptors (Lipinski definition) is 4. The predicted molar refractivity (Wildman–Crippen MR) is 67.9 cm³/mol. The first kappa shape index (κ1) is 13.9. The lowest BCUT2D eigenvalue weighted by atomic mass is 10.4. The van der Waals surface area contributed by atoms with Crippen LogP contribution in [0.25, 0.3) is 0 Å². The number of likely N-dealkylation sites (N-methyl/N-ethyl adjacent to an activating group) is 1. The molecule has 0 radical (unpaired) electrons. The van der Waals surface area contributed by atoms with Crippen molar-refractivity contribution in [2.45, 2.75) is 30.6 Å². The molecule has 5 heteroatoms. The number of esters is 1. The van der Waals surface area contributed by atoms with E-state index in [4.69, 9.17) is 0 Å².